The summed E-state index contributed by atoms with van der Waals surface area (Å²) in [5.41, 5.74) is 0.637. The van der Waals surface area contributed by atoms with Gasteiger partial charge in [0.2, 0.25) is 0 Å². The summed E-state index contributed by atoms with van der Waals surface area (Å²) in [6.07, 6.45) is -0.681. The molecule has 0 bridgehead atoms. The van der Waals surface area contributed by atoms with Crippen molar-refractivity contribution in [2.75, 3.05) is 5.75 Å². The van der Waals surface area contributed by atoms with Crippen molar-refractivity contribution in [3.05, 3.63) is 28.8 Å². The third-order valence-electron chi connectivity index (χ3n) is 2.69. The Bertz CT molecular complexity index is 493. The molecule has 2 unspecified atom stereocenters. The molecule has 0 fully saturated rings. The van der Waals surface area contributed by atoms with Gasteiger partial charge in [0.1, 0.15) is 0 Å². The van der Waals surface area contributed by atoms with Gasteiger partial charge in [-0.25, -0.2) is 8.42 Å². The van der Waals surface area contributed by atoms with Crippen LogP contribution in [0.25, 0.3) is 0 Å². The Hall–Kier alpha value is -0.580. The van der Waals surface area contributed by atoms with E-state index < -0.39 is 15.9 Å². The van der Waals surface area contributed by atoms with Gasteiger partial charge in [-0.1, -0.05) is 11.6 Å². The molecule has 1 aliphatic rings. The lowest BCUT2D eigenvalue weighted by molar-refractivity contribution is 0.170. The molecule has 0 spiro atoms. The Morgan fingerprint density at radius 2 is 2.20 bits per heavy atom. The Balaban J connectivity index is 2.64. The van der Waals surface area contributed by atoms with Gasteiger partial charge in [-0.3, -0.25) is 0 Å². The van der Waals surface area contributed by atoms with Gasteiger partial charge in [-0.2, -0.15) is 0 Å². The predicted molar refractivity (Wildman–Crippen MR) is 57.9 cm³/mol. The van der Waals surface area contributed by atoms with Crippen molar-refractivity contribution in [2.24, 2.45) is 0 Å². The predicted octanol–water partition coefficient (Wildman–Crippen LogP) is 1.59. The first kappa shape index (κ1) is 10.9. The van der Waals surface area contributed by atoms with Crippen LogP contribution in [-0.2, 0) is 9.84 Å². The van der Waals surface area contributed by atoms with Crippen molar-refractivity contribution in [1.29, 1.82) is 0 Å². The van der Waals surface area contributed by atoms with Crippen LogP contribution in [0.1, 0.15) is 18.4 Å². The molecule has 15 heavy (non-hydrogen) atoms. The average molecular weight is 247 g/mol. The molecule has 0 aromatic heterocycles. The number of benzene rings is 1. The summed E-state index contributed by atoms with van der Waals surface area (Å²) >= 11 is 5.81. The molecule has 82 valence electrons. The number of halogens is 1. The van der Waals surface area contributed by atoms with Crippen molar-refractivity contribution in [3.8, 4) is 0 Å². The largest absolute Gasteiger partial charge is 0.393 e. The van der Waals surface area contributed by atoms with E-state index >= 15 is 0 Å². The van der Waals surface area contributed by atoms with E-state index in [1.807, 2.05) is 0 Å². The average Bonchev–Trinajstić information content (AvgIpc) is 2.38. The molecule has 0 amide bonds. The second-order valence-corrected chi connectivity index (χ2v) is 6.25. The zero-order valence-electron chi connectivity index (χ0n) is 8.14. The van der Waals surface area contributed by atoms with Crippen LogP contribution in [0.15, 0.2) is 23.1 Å². The maximum Gasteiger partial charge on any atom is 0.179 e. The van der Waals surface area contributed by atoms with Gasteiger partial charge in [0.25, 0.3) is 0 Å². The highest BCUT2D eigenvalue weighted by Gasteiger charge is 2.37. The van der Waals surface area contributed by atoms with Crippen molar-refractivity contribution in [3.63, 3.8) is 0 Å². The van der Waals surface area contributed by atoms with Crippen LogP contribution >= 0.6 is 11.6 Å². The number of sulfone groups is 1. The molecular weight excluding hydrogens is 236 g/mol. The highest BCUT2D eigenvalue weighted by atomic mass is 35.5. The van der Waals surface area contributed by atoms with E-state index in [-0.39, 0.29) is 11.7 Å². The van der Waals surface area contributed by atoms with Crippen LogP contribution < -0.4 is 0 Å². The minimum atomic E-state index is -3.24. The lowest BCUT2D eigenvalue weighted by Gasteiger charge is -2.12. The van der Waals surface area contributed by atoms with E-state index in [1.54, 1.807) is 19.1 Å². The SMILES string of the molecule is CC(O)C1CS(=O)(=O)c2ccc(Cl)cc21. The fourth-order valence-electron chi connectivity index (χ4n) is 1.91. The molecule has 0 saturated heterocycles. The highest BCUT2D eigenvalue weighted by molar-refractivity contribution is 7.91. The zero-order valence-corrected chi connectivity index (χ0v) is 9.72. The Morgan fingerprint density at radius 1 is 1.53 bits per heavy atom. The second kappa shape index (κ2) is 3.47. The van der Waals surface area contributed by atoms with E-state index in [4.69, 9.17) is 11.6 Å². The first-order valence-electron chi connectivity index (χ1n) is 4.62. The van der Waals surface area contributed by atoms with Gasteiger partial charge >= 0.3 is 0 Å². The smallest absolute Gasteiger partial charge is 0.179 e. The van der Waals surface area contributed by atoms with E-state index in [1.165, 1.54) is 6.07 Å². The van der Waals surface area contributed by atoms with Crippen LogP contribution in [-0.4, -0.2) is 25.4 Å². The summed E-state index contributed by atoms with van der Waals surface area (Å²) in [4.78, 5) is 0.304. The van der Waals surface area contributed by atoms with E-state index in [0.717, 1.165) is 0 Å². The number of fused-ring (bicyclic) bond motifs is 1. The maximum atomic E-state index is 11.7. The minimum Gasteiger partial charge on any atom is -0.393 e. The Morgan fingerprint density at radius 3 is 2.80 bits per heavy atom. The topological polar surface area (TPSA) is 54.4 Å². The molecule has 1 heterocycles. The standard InChI is InChI=1S/C10H11ClO3S/c1-6(12)9-5-15(13,14)10-3-2-7(11)4-8(9)10/h2-4,6,9,12H,5H2,1H3. The normalized spacial score (nSPS) is 24.9. The fraction of sp³-hybridized carbons (Fsp3) is 0.400. The first-order valence-corrected chi connectivity index (χ1v) is 6.65. The van der Waals surface area contributed by atoms with Crippen molar-refractivity contribution < 1.29 is 13.5 Å². The number of hydrogen-bond donors (Lipinski definition) is 1. The van der Waals surface area contributed by atoms with Crippen molar-refractivity contribution in [1.82, 2.24) is 0 Å². The number of hydrogen-bond acceptors (Lipinski definition) is 3. The fourth-order valence-corrected chi connectivity index (χ4v) is 4.04. The van der Waals surface area contributed by atoms with Crippen LogP contribution in [0.2, 0.25) is 5.02 Å². The quantitative estimate of drug-likeness (QED) is 0.819. The summed E-state index contributed by atoms with van der Waals surface area (Å²) in [7, 11) is -3.24. The first-order chi connectivity index (χ1) is 6.92. The highest BCUT2D eigenvalue weighted by Crippen LogP contribution is 2.38. The summed E-state index contributed by atoms with van der Waals surface area (Å²) in [5.74, 6) is -0.385. The van der Waals surface area contributed by atoms with Gasteiger partial charge in [0.05, 0.1) is 16.8 Å². The lowest BCUT2D eigenvalue weighted by atomic mass is 9.97. The molecule has 1 aromatic carbocycles. The van der Waals surface area contributed by atoms with Gasteiger partial charge in [0.15, 0.2) is 9.84 Å². The molecule has 2 rings (SSSR count). The molecule has 3 nitrogen and oxygen atoms in total. The zero-order chi connectivity index (χ0) is 11.2. The van der Waals surface area contributed by atoms with Crippen LogP contribution in [0.4, 0.5) is 0 Å². The minimum absolute atomic E-state index is 0.0274. The maximum absolute atomic E-state index is 11.7. The summed E-state index contributed by atoms with van der Waals surface area (Å²) < 4.78 is 23.4. The number of aliphatic hydroxyl groups excluding tert-OH is 1. The molecule has 0 aliphatic carbocycles. The lowest BCUT2D eigenvalue weighted by Crippen LogP contribution is -2.16. The van der Waals surface area contributed by atoms with Crippen LogP contribution in [0, 0.1) is 0 Å². The summed E-state index contributed by atoms with van der Waals surface area (Å²) in [5, 5.41) is 10.0. The number of rotatable bonds is 1. The van der Waals surface area contributed by atoms with Gasteiger partial charge in [-0.05, 0) is 30.7 Å². The van der Waals surface area contributed by atoms with Gasteiger partial charge in [-0.15, -0.1) is 0 Å². The monoisotopic (exact) mass is 246 g/mol. The summed E-state index contributed by atoms with van der Waals surface area (Å²) in [6.45, 7) is 1.59. The van der Waals surface area contributed by atoms with Crippen molar-refractivity contribution in [2.45, 2.75) is 23.8 Å². The molecule has 0 saturated carbocycles. The second-order valence-electron chi connectivity index (χ2n) is 3.81. The molecule has 0 radical (unpaired) electrons. The van der Waals surface area contributed by atoms with Crippen LogP contribution in [0.5, 0.6) is 0 Å². The van der Waals surface area contributed by atoms with Crippen molar-refractivity contribution >= 4 is 21.4 Å². The Labute approximate surface area is 93.6 Å². The molecule has 5 heteroatoms. The summed E-state index contributed by atoms with van der Waals surface area (Å²) in [6, 6.07) is 4.69. The third-order valence-corrected chi connectivity index (χ3v) is 4.76. The molecule has 2 atom stereocenters. The Kier molecular flexibility index (Phi) is 2.53. The van der Waals surface area contributed by atoms with Gasteiger partial charge < -0.3 is 5.11 Å². The van der Waals surface area contributed by atoms with E-state index in [0.29, 0.717) is 15.5 Å². The molecule has 1 aromatic rings. The van der Waals surface area contributed by atoms with Crippen LogP contribution in [0.3, 0.4) is 0 Å². The molecule has 1 N–H and O–H groups in total. The van der Waals surface area contributed by atoms with E-state index in [9.17, 15) is 13.5 Å². The van der Waals surface area contributed by atoms with Gasteiger partial charge in [0, 0.05) is 10.9 Å². The molecular formula is C10H11ClO3S. The van der Waals surface area contributed by atoms with E-state index in [2.05, 4.69) is 0 Å². The molecule has 1 aliphatic heterocycles. The number of aliphatic hydroxyl groups is 1. The third kappa shape index (κ3) is 1.77.